The average molecular weight is 357 g/mol. The van der Waals surface area contributed by atoms with Crippen LogP contribution in [-0.2, 0) is 0 Å². The molecule has 0 fully saturated rings. The van der Waals surface area contributed by atoms with Crippen molar-refractivity contribution in [2.24, 2.45) is 0 Å². The zero-order valence-electron chi connectivity index (χ0n) is 14.8. The average Bonchev–Trinajstić information content (AvgIpc) is 3.12. The Labute approximate surface area is 150 Å². The van der Waals surface area contributed by atoms with Crippen LogP contribution in [0.25, 0.3) is 0 Å². The molecule has 1 atom stereocenters. The first-order valence-corrected chi connectivity index (χ1v) is 8.18. The van der Waals surface area contributed by atoms with Gasteiger partial charge in [0, 0.05) is 23.7 Å². The predicted octanol–water partition coefficient (Wildman–Crippen LogP) is 3.18. The fourth-order valence-electron chi connectivity index (χ4n) is 3.33. The van der Waals surface area contributed by atoms with Crippen molar-refractivity contribution < 1.29 is 28.5 Å². The number of rotatable bonds is 4. The molecular weight excluding hydrogens is 338 g/mol. The molecule has 0 spiro atoms. The van der Waals surface area contributed by atoms with Crippen molar-refractivity contribution in [3.8, 4) is 28.7 Å². The molecule has 26 heavy (non-hydrogen) atoms. The molecule has 2 aliphatic rings. The van der Waals surface area contributed by atoms with Crippen molar-refractivity contribution in [3.63, 3.8) is 0 Å². The van der Waals surface area contributed by atoms with Crippen LogP contribution in [0.3, 0.4) is 0 Å². The van der Waals surface area contributed by atoms with E-state index in [-0.39, 0.29) is 18.6 Å². The van der Waals surface area contributed by atoms with Crippen molar-refractivity contribution in [2.75, 3.05) is 33.4 Å². The Bertz CT molecular complexity index is 854. The summed E-state index contributed by atoms with van der Waals surface area (Å²) in [6.07, 6.45) is 0.311. The maximum Gasteiger partial charge on any atom is 0.231 e. The van der Waals surface area contributed by atoms with E-state index in [1.165, 1.54) is 0 Å². The quantitative estimate of drug-likeness (QED) is 0.901. The normalized spacial score (nSPS) is 17.3. The molecule has 7 heteroatoms. The van der Waals surface area contributed by atoms with Gasteiger partial charge >= 0.3 is 0 Å². The second-order valence-electron chi connectivity index (χ2n) is 6.03. The summed E-state index contributed by atoms with van der Waals surface area (Å²) in [5.41, 5.74) is 2.21. The molecule has 2 aromatic rings. The van der Waals surface area contributed by atoms with Crippen molar-refractivity contribution in [1.29, 1.82) is 0 Å². The summed E-state index contributed by atoms with van der Waals surface area (Å²) in [4.78, 5) is 12.7. The summed E-state index contributed by atoms with van der Waals surface area (Å²) < 4.78 is 27.0. The Morgan fingerprint density at radius 2 is 1.62 bits per heavy atom. The van der Waals surface area contributed by atoms with Gasteiger partial charge in [-0.2, -0.15) is 0 Å². The number of benzene rings is 2. The standard InChI is InChI=1S/C19H19NO6/c1-22-17-4-10(5-18(23-2)19(17)24-3)12-7-14(21)11-6-15-16(26-9-25-15)8-13(11)20-12/h4-6,8,12,20H,7,9H2,1-3H3/t12-/m0/s1. The number of nitrogens with one attached hydrogen (secondary N) is 1. The molecule has 0 aromatic heterocycles. The first-order chi connectivity index (χ1) is 12.6. The van der Waals surface area contributed by atoms with Crippen LogP contribution < -0.4 is 29.0 Å². The lowest BCUT2D eigenvalue weighted by molar-refractivity contribution is 0.0971. The van der Waals surface area contributed by atoms with Gasteiger partial charge < -0.3 is 29.0 Å². The lowest BCUT2D eigenvalue weighted by atomic mass is 9.91. The third-order valence-electron chi connectivity index (χ3n) is 4.62. The summed E-state index contributed by atoms with van der Waals surface area (Å²) in [6.45, 7) is 0.169. The number of ketones is 1. The Balaban J connectivity index is 1.73. The van der Waals surface area contributed by atoms with Gasteiger partial charge in [0.15, 0.2) is 28.8 Å². The van der Waals surface area contributed by atoms with E-state index in [1.807, 2.05) is 12.1 Å². The fraction of sp³-hybridized carbons (Fsp3) is 0.316. The lowest BCUT2D eigenvalue weighted by Gasteiger charge is -2.27. The van der Waals surface area contributed by atoms with Gasteiger partial charge in [-0.05, 0) is 23.8 Å². The van der Waals surface area contributed by atoms with Gasteiger partial charge in [0.1, 0.15) is 0 Å². The monoisotopic (exact) mass is 357 g/mol. The van der Waals surface area contributed by atoms with Gasteiger partial charge in [-0.1, -0.05) is 0 Å². The van der Waals surface area contributed by atoms with Gasteiger partial charge in [0.25, 0.3) is 0 Å². The highest BCUT2D eigenvalue weighted by Crippen LogP contribution is 2.44. The van der Waals surface area contributed by atoms with Crippen LogP contribution in [0.5, 0.6) is 28.7 Å². The second-order valence-corrected chi connectivity index (χ2v) is 6.03. The maximum atomic E-state index is 12.7. The number of methoxy groups -OCH3 is 3. The van der Waals surface area contributed by atoms with Gasteiger partial charge in [-0.3, -0.25) is 4.79 Å². The van der Waals surface area contributed by atoms with E-state index in [0.29, 0.717) is 40.7 Å². The number of Topliss-reactive ketones (excluding diaryl/α,β-unsaturated/α-hetero) is 1. The molecule has 7 nitrogen and oxygen atoms in total. The van der Waals surface area contributed by atoms with Crippen LogP contribution in [0.4, 0.5) is 5.69 Å². The van der Waals surface area contributed by atoms with E-state index in [2.05, 4.69) is 5.32 Å². The summed E-state index contributed by atoms with van der Waals surface area (Å²) in [5.74, 6) is 2.89. The molecule has 2 heterocycles. The first kappa shape index (κ1) is 16.4. The van der Waals surface area contributed by atoms with Gasteiger partial charge in [-0.15, -0.1) is 0 Å². The molecule has 0 bridgehead atoms. The largest absolute Gasteiger partial charge is 0.493 e. The molecule has 0 aliphatic carbocycles. The molecule has 2 aromatic carbocycles. The molecule has 0 radical (unpaired) electrons. The predicted molar refractivity (Wildman–Crippen MR) is 94.0 cm³/mol. The molecule has 0 unspecified atom stereocenters. The number of hydrogen-bond donors (Lipinski definition) is 1. The minimum Gasteiger partial charge on any atom is -0.493 e. The maximum absolute atomic E-state index is 12.7. The molecular formula is C19H19NO6. The minimum atomic E-state index is -0.218. The number of carbonyl (C=O) groups is 1. The molecule has 4 rings (SSSR count). The SMILES string of the molecule is COc1cc([C@@H]2CC(=O)c3cc4c(cc3N2)OCO4)cc(OC)c1OC. The van der Waals surface area contributed by atoms with Crippen molar-refractivity contribution in [2.45, 2.75) is 12.5 Å². The van der Waals surface area contributed by atoms with E-state index < -0.39 is 0 Å². The van der Waals surface area contributed by atoms with Crippen LogP contribution in [0.2, 0.25) is 0 Å². The molecule has 136 valence electrons. The van der Waals surface area contributed by atoms with Gasteiger partial charge in [-0.25, -0.2) is 0 Å². The minimum absolute atomic E-state index is 0.0378. The van der Waals surface area contributed by atoms with E-state index >= 15 is 0 Å². The van der Waals surface area contributed by atoms with Crippen LogP contribution in [0.15, 0.2) is 24.3 Å². The molecule has 2 aliphatic heterocycles. The van der Waals surface area contributed by atoms with Crippen LogP contribution >= 0.6 is 0 Å². The Kier molecular flexibility index (Phi) is 3.99. The highest BCUT2D eigenvalue weighted by Gasteiger charge is 2.30. The van der Waals surface area contributed by atoms with Crippen molar-refractivity contribution in [1.82, 2.24) is 0 Å². The zero-order valence-corrected chi connectivity index (χ0v) is 14.8. The van der Waals surface area contributed by atoms with Crippen LogP contribution in [-0.4, -0.2) is 33.9 Å². The molecule has 0 saturated carbocycles. The molecule has 1 N–H and O–H groups in total. The highest BCUT2D eigenvalue weighted by atomic mass is 16.7. The third-order valence-corrected chi connectivity index (χ3v) is 4.62. The number of fused-ring (bicyclic) bond motifs is 2. The summed E-state index contributed by atoms with van der Waals surface area (Å²) in [7, 11) is 4.69. The number of ether oxygens (including phenoxy) is 5. The van der Waals surface area contributed by atoms with Gasteiger partial charge in [0.05, 0.1) is 27.4 Å². The Hall–Kier alpha value is -3.09. The van der Waals surface area contributed by atoms with E-state index in [1.54, 1.807) is 33.5 Å². The fourth-order valence-corrected chi connectivity index (χ4v) is 3.33. The summed E-state index contributed by atoms with van der Waals surface area (Å²) >= 11 is 0. The Morgan fingerprint density at radius 3 is 2.23 bits per heavy atom. The second kappa shape index (κ2) is 6.33. The topological polar surface area (TPSA) is 75.3 Å². The summed E-state index contributed by atoms with van der Waals surface area (Å²) in [6, 6.07) is 7.02. The van der Waals surface area contributed by atoms with Gasteiger partial charge in [0.2, 0.25) is 12.5 Å². The molecule has 0 saturated heterocycles. The molecule has 0 amide bonds. The lowest BCUT2D eigenvalue weighted by Crippen LogP contribution is -2.23. The smallest absolute Gasteiger partial charge is 0.231 e. The van der Waals surface area contributed by atoms with Crippen LogP contribution in [0.1, 0.15) is 28.4 Å². The van der Waals surface area contributed by atoms with E-state index in [4.69, 9.17) is 23.7 Å². The highest BCUT2D eigenvalue weighted by molar-refractivity contribution is 6.04. The first-order valence-electron chi connectivity index (χ1n) is 8.18. The number of carbonyl (C=O) groups excluding carboxylic acids is 1. The Morgan fingerprint density at radius 1 is 0.962 bits per heavy atom. The van der Waals surface area contributed by atoms with Crippen LogP contribution in [0, 0.1) is 0 Å². The summed E-state index contributed by atoms with van der Waals surface area (Å²) in [5, 5.41) is 3.41. The third kappa shape index (κ3) is 2.56. The number of hydrogen-bond acceptors (Lipinski definition) is 7. The zero-order chi connectivity index (χ0) is 18.3. The van der Waals surface area contributed by atoms with Crippen molar-refractivity contribution >= 4 is 11.5 Å². The van der Waals surface area contributed by atoms with Crippen molar-refractivity contribution in [3.05, 3.63) is 35.4 Å². The van der Waals surface area contributed by atoms with E-state index in [9.17, 15) is 4.79 Å². The van der Waals surface area contributed by atoms with E-state index in [0.717, 1.165) is 11.3 Å². The number of anilines is 1.